The maximum Gasteiger partial charge on any atom is 0.254 e. The van der Waals surface area contributed by atoms with Crippen LogP contribution in [0.5, 0.6) is 17.2 Å². The number of fused-ring (bicyclic) bond motifs is 1. The molecule has 5 rings (SSSR count). The van der Waals surface area contributed by atoms with Crippen LogP contribution in [0.4, 0.5) is 0 Å². The molecule has 1 unspecified atom stereocenters. The maximum atomic E-state index is 13.5. The number of hydrogen-bond acceptors (Lipinski definition) is 6. The van der Waals surface area contributed by atoms with Crippen LogP contribution in [0.3, 0.4) is 0 Å². The second kappa shape index (κ2) is 10.3. The Hall–Kier alpha value is -3.03. The van der Waals surface area contributed by atoms with Gasteiger partial charge in [-0.1, -0.05) is 12.1 Å². The summed E-state index contributed by atoms with van der Waals surface area (Å²) in [6.45, 7) is 2.59. The Kier molecular flexibility index (Phi) is 6.79. The Balaban J connectivity index is 1.29. The Morgan fingerprint density at radius 1 is 1.09 bits per heavy atom. The van der Waals surface area contributed by atoms with Gasteiger partial charge in [0, 0.05) is 31.7 Å². The van der Waals surface area contributed by atoms with Crippen LogP contribution in [0.25, 0.3) is 0 Å². The summed E-state index contributed by atoms with van der Waals surface area (Å²) in [5.41, 5.74) is 2.89. The van der Waals surface area contributed by atoms with E-state index in [0.717, 1.165) is 37.2 Å². The molecule has 7 heteroatoms. The van der Waals surface area contributed by atoms with Gasteiger partial charge in [0.05, 0.1) is 12.7 Å². The first-order valence-electron chi connectivity index (χ1n) is 11.3. The molecule has 3 aromatic rings. The van der Waals surface area contributed by atoms with E-state index < -0.39 is 0 Å². The summed E-state index contributed by atoms with van der Waals surface area (Å²) in [4.78, 5) is 15.3. The van der Waals surface area contributed by atoms with Gasteiger partial charge in [0.15, 0.2) is 11.5 Å². The number of nitrogens with zero attached hydrogens (tertiary/aromatic N) is 1. The third kappa shape index (κ3) is 5.49. The van der Waals surface area contributed by atoms with Crippen LogP contribution in [0, 0.1) is 0 Å². The second-order valence-electron chi connectivity index (χ2n) is 8.27. The highest BCUT2D eigenvalue weighted by atomic mass is 32.1. The van der Waals surface area contributed by atoms with Crippen molar-refractivity contribution in [1.82, 2.24) is 4.90 Å². The summed E-state index contributed by atoms with van der Waals surface area (Å²) in [6.07, 6.45) is 2.94. The predicted molar refractivity (Wildman–Crippen MR) is 126 cm³/mol. The highest BCUT2D eigenvalue weighted by molar-refractivity contribution is 7.07. The van der Waals surface area contributed by atoms with Gasteiger partial charge >= 0.3 is 0 Å². The average molecular weight is 466 g/mol. The minimum atomic E-state index is -0.0485. The first kappa shape index (κ1) is 21.8. The minimum absolute atomic E-state index is 0.0485. The number of carbonyl (C=O) groups excluding carboxylic acids is 1. The molecule has 0 radical (unpaired) electrons. The number of ether oxygens (including phenoxy) is 4. The number of carbonyl (C=O) groups is 1. The van der Waals surface area contributed by atoms with Gasteiger partial charge < -0.3 is 23.8 Å². The lowest BCUT2D eigenvalue weighted by atomic mass is 10.1. The Morgan fingerprint density at radius 3 is 2.88 bits per heavy atom. The van der Waals surface area contributed by atoms with E-state index in [4.69, 9.17) is 18.9 Å². The molecule has 0 spiro atoms. The molecule has 1 saturated heterocycles. The molecule has 6 nitrogen and oxygen atoms in total. The zero-order valence-electron chi connectivity index (χ0n) is 18.4. The van der Waals surface area contributed by atoms with Gasteiger partial charge in [-0.15, -0.1) is 0 Å². The molecule has 0 bridgehead atoms. The number of benzene rings is 2. The van der Waals surface area contributed by atoms with Crippen molar-refractivity contribution in [3.05, 3.63) is 76.0 Å². The summed E-state index contributed by atoms with van der Waals surface area (Å²) in [5.74, 6) is 2.05. The maximum absolute atomic E-state index is 13.5. The monoisotopic (exact) mass is 465 g/mol. The smallest absolute Gasteiger partial charge is 0.254 e. The van der Waals surface area contributed by atoms with E-state index in [0.29, 0.717) is 36.8 Å². The standard InChI is InChI=1S/C26H27NO5S/c28-26(21-6-7-24-25(14-21)32-18-31-24)27(16-23-5-2-10-29-23)15-20-3-1-4-22(13-20)30-11-8-19-9-12-33-17-19/h1,3-4,6-7,9,12-14,17,23H,2,5,8,10-11,15-16,18H2. The highest BCUT2D eigenvalue weighted by Crippen LogP contribution is 2.33. The van der Waals surface area contributed by atoms with Crippen molar-refractivity contribution in [3.63, 3.8) is 0 Å². The molecule has 2 aromatic carbocycles. The summed E-state index contributed by atoms with van der Waals surface area (Å²) in [7, 11) is 0. The van der Waals surface area contributed by atoms with Crippen LogP contribution in [0.15, 0.2) is 59.3 Å². The Bertz CT molecular complexity index is 1080. The van der Waals surface area contributed by atoms with Crippen molar-refractivity contribution < 1.29 is 23.7 Å². The van der Waals surface area contributed by atoms with E-state index >= 15 is 0 Å². The van der Waals surface area contributed by atoms with Crippen molar-refractivity contribution in [2.24, 2.45) is 0 Å². The topological polar surface area (TPSA) is 57.2 Å². The quantitative estimate of drug-likeness (QED) is 0.449. The molecule has 3 heterocycles. The first-order chi connectivity index (χ1) is 16.2. The zero-order valence-corrected chi connectivity index (χ0v) is 19.2. The molecule has 2 aliphatic heterocycles. The third-order valence-electron chi connectivity index (χ3n) is 5.87. The summed E-state index contributed by atoms with van der Waals surface area (Å²) in [6, 6.07) is 15.5. The largest absolute Gasteiger partial charge is 0.493 e. The molecule has 2 aliphatic rings. The van der Waals surface area contributed by atoms with E-state index in [-0.39, 0.29) is 18.8 Å². The molecular formula is C26H27NO5S. The summed E-state index contributed by atoms with van der Waals surface area (Å²) in [5, 5.41) is 4.22. The number of amides is 1. The van der Waals surface area contributed by atoms with E-state index in [1.165, 1.54) is 5.56 Å². The van der Waals surface area contributed by atoms with E-state index in [1.807, 2.05) is 29.2 Å². The zero-order chi connectivity index (χ0) is 22.5. The van der Waals surface area contributed by atoms with E-state index in [9.17, 15) is 4.79 Å². The highest BCUT2D eigenvalue weighted by Gasteiger charge is 2.25. The van der Waals surface area contributed by atoms with Crippen molar-refractivity contribution in [3.8, 4) is 17.2 Å². The van der Waals surface area contributed by atoms with Crippen LogP contribution < -0.4 is 14.2 Å². The molecular weight excluding hydrogens is 438 g/mol. The molecule has 1 atom stereocenters. The van der Waals surface area contributed by atoms with Crippen LogP contribution in [-0.2, 0) is 17.7 Å². The van der Waals surface area contributed by atoms with Crippen LogP contribution in [-0.4, -0.2) is 43.5 Å². The fraction of sp³-hybridized carbons (Fsp3) is 0.346. The Morgan fingerprint density at radius 2 is 2.03 bits per heavy atom. The van der Waals surface area contributed by atoms with Gasteiger partial charge in [-0.2, -0.15) is 11.3 Å². The fourth-order valence-corrected chi connectivity index (χ4v) is 4.84. The third-order valence-corrected chi connectivity index (χ3v) is 6.60. The van der Waals surface area contributed by atoms with Crippen molar-refractivity contribution in [2.75, 3.05) is 26.6 Å². The van der Waals surface area contributed by atoms with Crippen molar-refractivity contribution in [2.45, 2.75) is 31.9 Å². The minimum Gasteiger partial charge on any atom is -0.493 e. The normalized spacial score (nSPS) is 16.7. The molecule has 1 fully saturated rings. The molecule has 0 saturated carbocycles. The summed E-state index contributed by atoms with van der Waals surface area (Å²) < 4.78 is 22.7. The summed E-state index contributed by atoms with van der Waals surface area (Å²) >= 11 is 1.70. The number of thiophene rings is 1. The van der Waals surface area contributed by atoms with Gasteiger partial charge in [-0.25, -0.2) is 0 Å². The van der Waals surface area contributed by atoms with Crippen LogP contribution in [0.1, 0.15) is 34.3 Å². The van der Waals surface area contributed by atoms with Gasteiger partial charge in [-0.3, -0.25) is 4.79 Å². The first-order valence-corrected chi connectivity index (χ1v) is 12.2. The van der Waals surface area contributed by atoms with Gasteiger partial charge in [0.25, 0.3) is 5.91 Å². The van der Waals surface area contributed by atoms with Crippen LogP contribution in [0.2, 0.25) is 0 Å². The van der Waals surface area contributed by atoms with Crippen LogP contribution >= 0.6 is 11.3 Å². The molecule has 1 aromatic heterocycles. The molecule has 172 valence electrons. The molecule has 0 aliphatic carbocycles. The molecule has 33 heavy (non-hydrogen) atoms. The van der Waals surface area contributed by atoms with Gasteiger partial charge in [-0.05, 0) is 71.1 Å². The number of hydrogen-bond donors (Lipinski definition) is 0. The lowest BCUT2D eigenvalue weighted by Gasteiger charge is -2.26. The Labute approximate surface area is 197 Å². The number of rotatable bonds is 9. The van der Waals surface area contributed by atoms with Crippen molar-refractivity contribution in [1.29, 1.82) is 0 Å². The average Bonchev–Trinajstić information content (AvgIpc) is 3.61. The fourth-order valence-electron chi connectivity index (χ4n) is 4.14. The van der Waals surface area contributed by atoms with Gasteiger partial charge in [0.2, 0.25) is 6.79 Å². The second-order valence-corrected chi connectivity index (χ2v) is 9.05. The molecule has 0 N–H and O–H groups in total. The lowest BCUT2D eigenvalue weighted by Crippen LogP contribution is -2.37. The van der Waals surface area contributed by atoms with Gasteiger partial charge in [0.1, 0.15) is 5.75 Å². The molecule has 1 amide bonds. The van der Waals surface area contributed by atoms with E-state index in [2.05, 4.69) is 16.8 Å². The van der Waals surface area contributed by atoms with Crippen molar-refractivity contribution >= 4 is 17.2 Å². The van der Waals surface area contributed by atoms with E-state index in [1.54, 1.807) is 29.5 Å². The lowest BCUT2D eigenvalue weighted by molar-refractivity contribution is 0.0507. The SMILES string of the molecule is O=C(c1ccc2c(c1)OCO2)N(Cc1cccc(OCCc2ccsc2)c1)CC1CCCO1. The predicted octanol–water partition coefficient (Wildman–Crippen LogP) is 4.92.